The summed E-state index contributed by atoms with van der Waals surface area (Å²) in [6, 6.07) is 11.9. The average molecular weight is 404 g/mol. The number of hydrogen-bond acceptors (Lipinski definition) is 3. The van der Waals surface area contributed by atoms with Gasteiger partial charge in [-0.25, -0.2) is 0 Å². The zero-order chi connectivity index (χ0) is 20.6. The SMILES string of the molecule is O=C(NCc1cccnc1)[C@H]1c2ccccc2C(=O)N(C2CCCC2)C12CCCC2. The molecule has 2 fully saturated rings. The third-order valence-electron chi connectivity index (χ3n) is 7.35. The van der Waals surface area contributed by atoms with Crippen molar-refractivity contribution >= 4 is 11.8 Å². The van der Waals surface area contributed by atoms with Crippen LogP contribution in [0.25, 0.3) is 0 Å². The topological polar surface area (TPSA) is 62.3 Å². The van der Waals surface area contributed by atoms with Crippen LogP contribution in [0.4, 0.5) is 0 Å². The maximum Gasteiger partial charge on any atom is 0.254 e. The Morgan fingerprint density at radius 3 is 2.57 bits per heavy atom. The number of nitrogens with zero attached hydrogens (tertiary/aromatic N) is 2. The van der Waals surface area contributed by atoms with Crippen molar-refractivity contribution in [3.8, 4) is 0 Å². The van der Waals surface area contributed by atoms with Gasteiger partial charge in [-0.15, -0.1) is 0 Å². The molecule has 0 saturated heterocycles. The second kappa shape index (κ2) is 7.86. The van der Waals surface area contributed by atoms with E-state index >= 15 is 0 Å². The lowest BCUT2D eigenvalue weighted by Crippen LogP contribution is -2.63. The Balaban J connectivity index is 1.55. The molecule has 2 heterocycles. The largest absolute Gasteiger partial charge is 0.351 e. The van der Waals surface area contributed by atoms with Crippen molar-refractivity contribution in [1.29, 1.82) is 0 Å². The van der Waals surface area contributed by atoms with Crippen LogP contribution in [0.5, 0.6) is 0 Å². The fourth-order valence-corrected chi connectivity index (χ4v) is 6.09. The van der Waals surface area contributed by atoms with E-state index in [1.807, 2.05) is 36.4 Å². The van der Waals surface area contributed by atoms with Crippen molar-refractivity contribution < 1.29 is 9.59 Å². The number of benzene rings is 1. The van der Waals surface area contributed by atoms with Crippen LogP contribution >= 0.6 is 0 Å². The van der Waals surface area contributed by atoms with Gasteiger partial charge in [0.25, 0.3) is 5.91 Å². The minimum absolute atomic E-state index is 0.0312. The quantitative estimate of drug-likeness (QED) is 0.832. The zero-order valence-corrected chi connectivity index (χ0v) is 17.3. The van der Waals surface area contributed by atoms with E-state index in [9.17, 15) is 9.59 Å². The molecule has 2 aromatic rings. The Bertz CT molecular complexity index is 930. The molecule has 5 heteroatoms. The third-order valence-corrected chi connectivity index (χ3v) is 7.35. The van der Waals surface area contributed by atoms with Crippen LogP contribution in [0.2, 0.25) is 0 Å². The molecule has 1 spiro atoms. The summed E-state index contributed by atoms with van der Waals surface area (Å²) in [7, 11) is 0. The molecule has 30 heavy (non-hydrogen) atoms. The molecule has 2 saturated carbocycles. The second-order valence-electron chi connectivity index (χ2n) is 9.02. The van der Waals surface area contributed by atoms with Gasteiger partial charge in [-0.3, -0.25) is 14.6 Å². The molecule has 1 aromatic heterocycles. The van der Waals surface area contributed by atoms with Gasteiger partial charge in [0, 0.05) is 30.5 Å². The first-order valence-electron chi connectivity index (χ1n) is 11.3. The minimum Gasteiger partial charge on any atom is -0.351 e. The molecule has 1 aromatic carbocycles. The summed E-state index contributed by atoms with van der Waals surface area (Å²) < 4.78 is 0. The van der Waals surface area contributed by atoms with Gasteiger partial charge >= 0.3 is 0 Å². The molecule has 2 amide bonds. The summed E-state index contributed by atoms with van der Waals surface area (Å²) >= 11 is 0. The van der Waals surface area contributed by atoms with Crippen molar-refractivity contribution in [2.24, 2.45) is 0 Å². The lowest BCUT2D eigenvalue weighted by atomic mass is 9.70. The fraction of sp³-hybridized carbons (Fsp3) is 0.480. The van der Waals surface area contributed by atoms with E-state index < -0.39 is 0 Å². The number of rotatable bonds is 4. The Morgan fingerprint density at radius 1 is 1.07 bits per heavy atom. The zero-order valence-electron chi connectivity index (χ0n) is 17.3. The maximum absolute atomic E-state index is 13.7. The molecular formula is C25H29N3O2. The Kier molecular flexibility index (Phi) is 5.05. The summed E-state index contributed by atoms with van der Waals surface area (Å²) in [5.41, 5.74) is 2.21. The normalized spacial score (nSPS) is 23.0. The Hall–Kier alpha value is -2.69. The summed E-state index contributed by atoms with van der Waals surface area (Å²) in [5, 5.41) is 3.17. The highest BCUT2D eigenvalue weighted by Crippen LogP contribution is 2.52. The van der Waals surface area contributed by atoms with Gasteiger partial charge in [-0.1, -0.05) is 49.9 Å². The van der Waals surface area contributed by atoms with Crippen LogP contribution in [-0.2, 0) is 11.3 Å². The number of pyridine rings is 1. The van der Waals surface area contributed by atoms with E-state index in [1.54, 1.807) is 12.4 Å². The first kappa shape index (κ1) is 19.3. The van der Waals surface area contributed by atoms with Gasteiger partial charge in [-0.2, -0.15) is 0 Å². The number of carbonyl (C=O) groups excluding carboxylic acids is 2. The molecule has 5 rings (SSSR count). The average Bonchev–Trinajstić information content (AvgIpc) is 3.47. The summed E-state index contributed by atoms with van der Waals surface area (Å²) in [6.45, 7) is 0.457. The molecule has 156 valence electrons. The Labute approximate surface area is 177 Å². The fourth-order valence-electron chi connectivity index (χ4n) is 6.09. The summed E-state index contributed by atoms with van der Waals surface area (Å²) in [6.07, 6.45) is 11.9. The standard InChI is InChI=1S/C25H29N3O2/c29-23(27-17-18-8-7-15-26-16-18)22-20-11-3-4-12-21(20)24(30)28(19-9-1-2-10-19)25(22)13-5-6-14-25/h3-4,7-8,11-12,15-16,19,22H,1-2,5-6,9-10,13-14,17H2,(H,27,29)/t22-/m1/s1. The van der Waals surface area contributed by atoms with E-state index in [1.165, 1.54) is 12.8 Å². The molecule has 1 aliphatic heterocycles. The van der Waals surface area contributed by atoms with Crippen LogP contribution in [0.1, 0.15) is 78.8 Å². The van der Waals surface area contributed by atoms with E-state index in [2.05, 4.69) is 15.2 Å². The monoisotopic (exact) mass is 403 g/mol. The first-order chi connectivity index (χ1) is 14.7. The highest BCUT2D eigenvalue weighted by atomic mass is 16.2. The molecule has 2 aliphatic carbocycles. The van der Waals surface area contributed by atoms with Crippen LogP contribution in [0.15, 0.2) is 48.8 Å². The van der Waals surface area contributed by atoms with Crippen molar-refractivity contribution in [3.63, 3.8) is 0 Å². The van der Waals surface area contributed by atoms with E-state index in [0.29, 0.717) is 12.1 Å². The smallest absolute Gasteiger partial charge is 0.254 e. The molecule has 3 aliphatic rings. The second-order valence-corrected chi connectivity index (χ2v) is 9.02. The number of fused-ring (bicyclic) bond motifs is 1. The summed E-state index contributed by atoms with van der Waals surface area (Å²) in [4.78, 5) is 33.7. The van der Waals surface area contributed by atoms with Crippen molar-refractivity contribution in [2.75, 3.05) is 0 Å². The summed E-state index contributed by atoms with van der Waals surface area (Å²) in [5.74, 6) is -0.148. The van der Waals surface area contributed by atoms with Gasteiger partial charge in [0.15, 0.2) is 0 Å². The highest BCUT2D eigenvalue weighted by Gasteiger charge is 2.57. The van der Waals surface area contributed by atoms with E-state index in [0.717, 1.165) is 49.7 Å². The molecule has 5 nitrogen and oxygen atoms in total. The van der Waals surface area contributed by atoms with Gasteiger partial charge in [0.1, 0.15) is 0 Å². The van der Waals surface area contributed by atoms with Gasteiger partial charge < -0.3 is 10.2 Å². The molecule has 1 N–H and O–H groups in total. The van der Waals surface area contributed by atoms with Gasteiger partial charge in [0.05, 0.1) is 11.5 Å². The number of hydrogen-bond donors (Lipinski definition) is 1. The minimum atomic E-state index is -0.389. The predicted molar refractivity (Wildman–Crippen MR) is 115 cm³/mol. The lowest BCUT2D eigenvalue weighted by Gasteiger charge is -2.52. The predicted octanol–water partition coefficient (Wildman–Crippen LogP) is 4.19. The van der Waals surface area contributed by atoms with Crippen LogP contribution in [0, 0.1) is 0 Å². The van der Waals surface area contributed by atoms with Crippen LogP contribution in [0.3, 0.4) is 0 Å². The van der Waals surface area contributed by atoms with Gasteiger partial charge in [-0.05, 0) is 48.9 Å². The number of carbonyl (C=O) groups is 2. The highest BCUT2D eigenvalue weighted by molar-refractivity contribution is 6.02. The van der Waals surface area contributed by atoms with Crippen LogP contribution < -0.4 is 5.32 Å². The van der Waals surface area contributed by atoms with E-state index in [-0.39, 0.29) is 29.3 Å². The molecule has 1 atom stereocenters. The van der Waals surface area contributed by atoms with Crippen LogP contribution in [-0.4, -0.2) is 33.3 Å². The van der Waals surface area contributed by atoms with Crippen molar-refractivity contribution in [3.05, 3.63) is 65.5 Å². The van der Waals surface area contributed by atoms with Crippen molar-refractivity contribution in [1.82, 2.24) is 15.2 Å². The number of amides is 2. The van der Waals surface area contributed by atoms with Crippen molar-refractivity contribution in [2.45, 2.75) is 75.4 Å². The lowest BCUT2D eigenvalue weighted by molar-refractivity contribution is -0.127. The number of aromatic nitrogens is 1. The molecule has 0 bridgehead atoms. The number of nitrogens with one attached hydrogen (secondary N) is 1. The molecular weight excluding hydrogens is 374 g/mol. The molecule has 0 unspecified atom stereocenters. The van der Waals surface area contributed by atoms with E-state index in [4.69, 9.17) is 0 Å². The maximum atomic E-state index is 13.7. The molecule has 0 radical (unpaired) electrons. The Morgan fingerprint density at radius 2 is 1.83 bits per heavy atom. The third kappa shape index (κ3) is 3.11. The first-order valence-corrected chi connectivity index (χ1v) is 11.3. The van der Waals surface area contributed by atoms with Gasteiger partial charge in [0.2, 0.25) is 5.91 Å².